The van der Waals surface area contributed by atoms with Crippen molar-refractivity contribution in [3.05, 3.63) is 42.0 Å². The van der Waals surface area contributed by atoms with Gasteiger partial charge in [0.1, 0.15) is 11.2 Å². The molecule has 0 saturated heterocycles. The van der Waals surface area contributed by atoms with Crippen molar-refractivity contribution < 1.29 is 4.42 Å². The molecule has 3 rings (SSSR count). The molecule has 1 unspecified atom stereocenters. The summed E-state index contributed by atoms with van der Waals surface area (Å²) in [4.78, 5) is 0. The van der Waals surface area contributed by atoms with Crippen LogP contribution in [0.2, 0.25) is 0 Å². The second-order valence-electron chi connectivity index (χ2n) is 4.22. The monoisotopic (exact) mass is 252 g/mol. The van der Waals surface area contributed by atoms with E-state index in [0.717, 1.165) is 39.2 Å². The Labute approximate surface area is 108 Å². The lowest BCUT2D eigenvalue weighted by Crippen LogP contribution is -1.85. The minimum atomic E-state index is 0.870. The Morgan fingerprint density at radius 1 is 1.06 bits per heavy atom. The van der Waals surface area contributed by atoms with Crippen LogP contribution < -0.4 is 5.30 Å². The maximum Gasteiger partial charge on any atom is 0.136 e. The first kappa shape index (κ1) is 11.3. The highest BCUT2D eigenvalue weighted by atomic mass is 31.0. The molecule has 0 radical (unpaired) electrons. The van der Waals surface area contributed by atoms with Crippen LogP contribution in [0.25, 0.3) is 21.9 Å². The predicted octanol–water partition coefficient (Wildman–Crippen LogP) is 3.85. The smallest absolute Gasteiger partial charge is 0.136 e. The van der Waals surface area contributed by atoms with Crippen LogP contribution in [0.4, 0.5) is 0 Å². The molecule has 0 N–H and O–H groups in total. The zero-order valence-corrected chi connectivity index (χ0v) is 11.3. The van der Waals surface area contributed by atoms with Crippen molar-refractivity contribution in [2.45, 2.75) is 13.3 Å². The molecule has 0 bridgehead atoms. The largest absolute Gasteiger partial charge is 0.456 e. The normalized spacial score (nSPS) is 10.6. The summed E-state index contributed by atoms with van der Waals surface area (Å²) >= 11 is 0. The molecule has 1 atom stereocenters. The molecule has 0 aliphatic rings. The number of hydrogen-bond acceptors (Lipinski definition) is 1. The molecule has 0 aliphatic heterocycles. The van der Waals surface area contributed by atoms with E-state index >= 15 is 0 Å². The molecular weight excluding hydrogens is 239 g/mol. The van der Waals surface area contributed by atoms with Crippen LogP contribution in [0.5, 0.6) is 0 Å². The Balaban J connectivity index is 2.26. The summed E-state index contributed by atoms with van der Waals surface area (Å²) in [6.45, 7) is 2.05. The Morgan fingerprint density at radius 2 is 1.78 bits per heavy atom. The predicted molar refractivity (Wildman–Crippen MR) is 80.2 cm³/mol. The number of fused-ring (bicyclic) bond motifs is 3. The van der Waals surface area contributed by atoms with Gasteiger partial charge in [-0.2, -0.15) is 0 Å². The average molecular weight is 252 g/mol. The van der Waals surface area contributed by atoms with Gasteiger partial charge in [0.2, 0.25) is 0 Å². The van der Waals surface area contributed by atoms with Crippen LogP contribution in [0.1, 0.15) is 18.9 Å². The molecule has 18 heavy (non-hydrogen) atoms. The molecule has 88 valence electrons. The van der Waals surface area contributed by atoms with E-state index in [1.807, 2.05) is 19.1 Å². The number of hydrogen-bond donors (Lipinski definition) is 0. The Morgan fingerprint density at radius 3 is 2.56 bits per heavy atom. The van der Waals surface area contributed by atoms with Gasteiger partial charge in [-0.1, -0.05) is 24.8 Å². The highest BCUT2D eigenvalue weighted by Crippen LogP contribution is 2.28. The van der Waals surface area contributed by atoms with E-state index in [1.165, 1.54) is 0 Å². The molecule has 0 aliphatic carbocycles. The molecular formula is C16H13OP. The van der Waals surface area contributed by atoms with Crippen LogP contribution in [0.15, 0.2) is 40.8 Å². The number of benzene rings is 2. The Kier molecular flexibility index (Phi) is 2.82. The van der Waals surface area contributed by atoms with Gasteiger partial charge in [0.15, 0.2) is 0 Å². The summed E-state index contributed by atoms with van der Waals surface area (Å²) in [5, 5.41) is 3.44. The Hall–Kier alpha value is -1.77. The average Bonchev–Trinajstić information content (AvgIpc) is 2.72. The summed E-state index contributed by atoms with van der Waals surface area (Å²) in [7, 11) is 2.69. The Bertz CT molecular complexity index is 787. The molecule has 1 heterocycles. The SMILES string of the molecule is CCC#Cc1ccc2c(c1)oc1cc(P)ccc12. The zero-order chi connectivity index (χ0) is 12.5. The maximum absolute atomic E-state index is 5.87. The minimum absolute atomic E-state index is 0.870. The summed E-state index contributed by atoms with van der Waals surface area (Å²) in [5.41, 5.74) is 2.84. The second-order valence-corrected chi connectivity index (χ2v) is 4.89. The van der Waals surface area contributed by atoms with E-state index < -0.39 is 0 Å². The molecule has 1 aromatic heterocycles. The maximum atomic E-state index is 5.87. The zero-order valence-electron chi connectivity index (χ0n) is 10.2. The van der Waals surface area contributed by atoms with Crippen LogP contribution in [0.3, 0.4) is 0 Å². The van der Waals surface area contributed by atoms with Crippen LogP contribution >= 0.6 is 9.24 Å². The molecule has 0 saturated carbocycles. The fourth-order valence-corrected chi connectivity index (χ4v) is 2.31. The van der Waals surface area contributed by atoms with Crippen molar-refractivity contribution in [2.24, 2.45) is 0 Å². The van der Waals surface area contributed by atoms with Gasteiger partial charge in [-0.15, -0.1) is 9.24 Å². The van der Waals surface area contributed by atoms with E-state index in [-0.39, 0.29) is 0 Å². The first-order valence-corrected chi connectivity index (χ1v) is 6.56. The van der Waals surface area contributed by atoms with Crippen molar-refractivity contribution in [1.82, 2.24) is 0 Å². The third kappa shape index (κ3) is 1.90. The van der Waals surface area contributed by atoms with Crippen molar-refractivity contribution in [3.63, 3.8) is 0 Å². The molecule has 0 amide bonds. The van der Waals surface area contributed by atoms with Crippen LogP contribution in [-0.2, 0) is 0 Å². The first-order valence-electron chi connectivity index (χ1n) is 5.98. The summed E-state index contributed by atoms with van der Waals surface area (Å²) in [6.07, 6.45) is 0.870. The van der Waals surface area contributed by atoms with Crippen molar-refractivity contribution in [1.29, 1.82) is 0 Å². The molecule has 2 heteroatoms. The van der Waals surface area contributed by atoms with Gasteiger partial charge >= 0.3 is 0 Å². The van der Waals surface area contributed by atoms with E-state index in [0.29, 0.717) is 0 Å². The summed E-state index contributed by atoms with van der Waals surface area (Å²) in [5.74, 6) is 6.21. The molecule has 1 nitrogen and oxygen atoms in total. The van der Waals surface area contributed by atoms with Gasteiger partial charge < -0.3 is 4.42 Å². The molecule has 0 fully saturated rings. The van der Waals surface area contributed by atoms with Gasteiger partial charge in [0.05, 0.1) is 0 Å². The minimum Gasteiger partial charge on any atom is -0.456 e. The lowest BCUT2D eigenvalue weighted by atomic mass is 10.1. The topological polar surface area (TPSA) is 13.1 Å². The quantitative estimate of drug-likeness (QED) is 0.437. The highest BCUT2D eigenvalue weighted by molar-refractivity contribution is 7.27. The van der Waals surface area contributed by atoms with Crippen molar-refractivity contribution in [2.75, 3.05) is 0 Å². The summed E-state index contributed by atoms with van der Waals surface area (Å²) in [6, 6.07) is 12.4. The van der Waals surface area contributed by atoms with Gasteiger partial charge in [0.25, 0.3) is 0 Å². The van der Waals surface area contributed by atoms with Crippen molar-refractivity contribution >= 4 is 36.5 Å². The number of furan rings is 1. The van der Waals surface area contributed by atoms with E-state index in [9.17, 15) is 0 Å². The van der Waals surface area contributed by atoms with Gasteiger partial charge in [-0.25, -0.2) is 0 Å². The van der Waals surface area contributed by atoms with E-state index in [2.05, 4.69) is 45.3 Å². The molecule has 2 aromatic carbocycles. The van der Waals surface area contributed by atoms with Gasteiger partial charge in [-0.05, 0) is 35.6 Å². The molecule has 3 aromatic rings. The highest BCUT2D eigenvalue weighted by Gasteiger charge is 2.06. The summed E-state index contributed by atoms with van der Waals surface area (Å²) < 4.78 is 5.87. The van der Waals surface area contributed by atoms with E-state index in [1.54, 1.807) is 0 Å². The molecule has 0 spiro atoms. The van der Waals surface area contributed by atoms with Crippen molar-refractivity contribution in [3.8, 4) is 11.8 Å². The standard InChI is InChI=1S/C16H13OP/c1-2-3-4-11-5-7-13-14-8-6-12(18)10-16(14)17-15(13)9-11/h5-10H,2,18H2,1H3. The third-order valence-electron chi connectivity index (χ3n) is 2.91. The van der Waals surface area contributed by atoms with Crippen LogP contribution in [-0.4, -0.2) is 0 Å². The van der Waals surface area contributed by atoms with Gasteiger partial charge in [0, 0.05) is 22.8 Å². The first-order chi connectivity index (χ1) is 8.78. The lowest BCUT2D eigenvalue weighted by molar-refractivity contribution is 0.669. The third-order valence-corrected chi connectivity index (χ3v) is 3.27. The fraction of sp³-hybridized carbons (Fsp3) is 0.125. The fourth-order valence-electron chi connectivity index (χ4n) is 2.06. The number of rotatable bonds is 0. The second kappa shape index (κ2) is 4.48. The van der Waals surface area contributed by atoms with Crippen LogP contribution in [0, 0.1) is 11.8 Å². The lowest BCUT2D eigenvalue weighted by Gasteiger charge is -1.91. The van der Waals surface area contributed by atoms with Gasteiger partial charge in [-0.3, -0.25) is 0 Å². The van der Waals surface area contributed by atoms with E-state index in [4.69, 9.17) is 4.42 Å².